The zero-order valence-electron chi connectivity index (χ0n) is 17.8. The second-order valence-corrected chi connectivity index (χ2v) is 7.17. The molecule has 0 saturated carbocycles. The number of benzene rings is 2. The number of allylic oxidation sites excluding steroid dienone is 2. The van der Waals surface area contributed by atoms with Gasteiger partial charge >= 0.3 is 6.18 Å². The highest BCUT2D eigenvalue weighted by molar-refractivity contribution is 6.12. The Bertz CT molecular complexity index is 1370. The summed E-state index contributed by atoms with van der Waals surface area (Å²) >= 11 is 0. The molecule has 176 valence electrons. The summed E-state index contributed by atoms with van der Waals surface area (Å²) in [6, 6.07) is 11.0. The van der Waals surface area contributed by atoms with E-state index in [2.05, 4.69) is 25.6 Å². The standard InChI is InChI=1S/C24H16F4N6O/c25-18-13-17(24(26,27)28)15(21-31-10-5-11-32-21)12-16(18)23(35)34-22(20-19(29)8-4-9-30-20)33-14-6-2-1-3-7-14/h1-13,29,33H,(H,34,35)/b22-20-,29-19?. The van der Waals surface area contributed by atoms with Crippen LogP contribution in [0.15, 0.2) is 89.6 Å². The third kappa shape index (κ3) is 5.29. The van der Waals surface area contributed by atoms with Gasteiger partial charge in [0.25, 0.3) is 5.91 Å². The van der Waals surface area contributed by atoms with E-state index in [0.29, 0.717) is 5.69 Å². The number of nitrogens with zero attached hydrogens (tertiary/aromatic N) is 3. The smallest absolute Gasteiger partial charge is 0.340 e. The van der Waals surface area contributed by atoms with E-state index in [9.17, 15) is 22.4 Å². The fraction of sp³-hybridized carbons (Fsp3) is 0.0417. The second-order valence-electron chi connectivity index (χ2n) is 7.17. The summed E-state index contributed by atoms with van der Waals surface area (Å²) in [5.74, 6) is -2.82. The highest BCUT2D eigenvalue weighted by Gasteiger charge is 2.36. The molecule has 0 saturated heterocycles. The zero-order chi connectivity index (χ0) is 25.0. The summed E-state index contributed by atoms with van der Waals surface area (Å²) in [7, 11) is 0. The van der Waals surface area contributed by atoms with Crippen LogP contribution in [0.25, 0.3) is 11.4 Å². The van der Waals surface area contributed by atoms with Crippen LogP contribution in [0.5, 0.6) is 0 Å². The number of hydrogen-bond acceptors (Lipinski definition) is 6. The molecule has 0 bridgehead atoms. The molecule has 2 aromatic carbocycles. The average molecular weight is 480 g/mol. The quantitative estimate of drug-likeness (QED) is 0.449. The number of anilines is 1. The lowest BCUT2D eigenvalue weighted by Gasteiger charge is -2.18. The topological polar surface area (TPSA) is 103 Å². The largest absolute Gasteiger partial charge is 0.417 e. The molecule has 1 amide bonds. The number of aliphatic imine (C=N–C) groups is 1. The highest BCUT2D eigenvalue weighted by atomic mass is 19.4. The normalized spacial score (nSPS) is 14.6. The van der Waals surface area contributed by atoms with Gasteiger partial charge in [0.15, 0.2) is 5.82 Å². The number of dihydropyridines is 1. The summed E-state index contributed by atoms with van der Waals surface area (Å²) in [4.78, 5) is 24.8. The Morgan fingerprint density at radius 3 is 2.37 bits per heavy atom. The van der Waals surface area contributed by atoms with E-state index >= 15 is 0 Å². The van der Waals surface area contributed by atoms with Crippen LogP contribution in [0.4, 0.5) is 23.2 Å². The maximum absolute atomic E-state index is 14.8. The fourth-order valence-corrected chi connectivity index (χ4v) is 3.21. The first kappa shape index (κ1) is 23.5. The van der Waals surface area contributed by atoms with Crippen molar-refractivity contribution in [3.8, 4) is 11.4 Å². The maximum atomic E-state index is 14.8. The Hall–Kier alpha value is -4.67. The number of alkyl halides is 3. The van der Waals surface area contributed by atoms with Gasteiger partial charge in [0, 0.05) is 29.9 Å². The van der Waals surface area contributed by atoms with E-state index in [1.165, 1.54) is 36.8 Å². The van der Waals surface area contributed by atoms with E-state index in [1.54, 1.807) is 30.3 Å². The molecule has 0 spiro atoms. The molecule has 3 aromatic rings. The van der Waals surface area contributed by atoms with Gasteiger partial charge in [-0.1, -0.05) is 18.2 Å². The van der Waals surface area contributed by atoms with Crippen LogP contribution in [0, 0.1) is 11.2 Å². The SMILES string of the molecule is N=C1C=CC=N/C1=C(\NC(=O)c1cc(-c2ncccn2)c(C(F)(F)F)cc1F)Nc1ccccc1. The van der Waals surface area contributed by atoms with Gasteiger partial charge in [-0.3, -0.25) is 15.2 Å². The number of carbonyl (C=O) groups excluding carboxylic acids is 1. The predicted octanol–water partition coefficient (Wildman–Crippen LogP) is 4.97. The summed E-state index contributed by atoms with van der Waals surface area (Å²) < 4.78 is 55.6. The van der Waals surface area contributed by atoms with Crippen LogP contribution < -0.4 is 10.6 Å². The fourth-order valence-electron chi connectivity index (χ4n) is 3.21. The number of nitrogens with one attached hydrogen (secondary N) is 3. The Kier molecular flexibility index (Phi) is 6.49. The van der Waals surface area contributed by atoms with Gasteiger partial charge in [-0.25, -0.2) is 14.4 Å². The third-order valence-electron chi connectivity index (χ3n) is 4.79. The number of para-hydroxylation sites is 1. The van der Waals surface area contributed by atoms with Crippen LogP contribution >= 0.6 is 0 Å². The molecule has 35 heavy (non-hydrogen) atoms. The van der Waals surface area contributed by atoms with Crippen molar-refractivity contribution in [2.45, 2.75) is 6.18 Å². The van der Waals surface area contributed by atoms with Crippen molar-refractivity contribution in [1.82, 2.24) is 15.3 Å². The Labute approximate surface area is 196 Å². The first-order valence-electron chi connectivity index (χ1n) is 10.1. The van der Waals surface area contributed by atoms with E-state index in [-0.39, 0.29) is 29.1 Å². The van der Waals surface area contributed by atoms with Crippen molar-refractivity contribution >= 4 is 23.5 Å². The third-order valence-corrected chi connectivity index (χ3v) is 4.79. The van der Waals surface area contributed by atoms with E-state index in [4.69, 9.17) is 5.41 Å². The molecule has 0 fully saturated rings. The van der Waals surface area contributed by atoms with Gasteiger partial charge in [-0.05, 0) is 42.5 Å². The number of halogens is 4. The van der Waals surface area contributed by atoms with Crippen molar-refractivity contribution in [3.63, 3.8) is 0 Å². The van der Waals surface area contributed by atoms with Crippen molar-refractivity contribution in [2.75, 3.05) is 5.32 Å². The molecule has 3 N–H and O–H groups in total. The lowest BCUT2D eigenvalue weighted by atomic mass is 10.0. The number of aromatic nitrogens is 2. The lowest BCUT2D eigenvalue weighted by molar-refractivity contribution is -0.137. The molecule has 0 unspecified atom stereocenters. The van der Waals surface area contributed by atoms with Gasteiger partial charge in [0.05, 0.1) is 16.8 Å². The molecule has 2 heterocycles. The van der Waals surface area contributed by atoms with E-state index in [0.717, 1.165) is 6.07 Å². The minimum atomic E-state index is -4.91. The summed E-state index contributed by atoms with van der Waals surface area (Å²) in [5.41, 5.74) is -2.01. The number of hydrogen-bond donors (Lipinski definition) is 3. The van der Waals surface area contributed by atoms with Crippen LogP contribution in [0.2, 0.25) is 0 Å². The second kappa shape index (κ2) is 9.67. The minimum Gasteiger partial charge on any atom is -0.340 e. The van der Waals surface area contributed by atoms with Gasteiger partial charge < -0.3 is 10.6 Å². The summed E-state index contributed by atoms with van der Waals surface area (Å²) in [5, 5.41) is 13.5. The number of rotatable bonds is 5. The molecular formula is C24H16F4N6O. The lowest BCUT2D eigenvalue weighted by Crippen LogP contribution is -2.30. The van der Waals surface area contributed by atoms with Crippen molar-refractivity contribution in [2.24, 2.45) is 4.99 Å². The number of amides is 1. The van der Waals surface area contributed by atoms with Gasteiger partial charge in [0.2, 0.25) is 0 Å². The minimum absolute atomic E-state index is 0.0440. The molecule has 0 radical (unpaired) electrons. The molecule has 1 aliphatic rings. The van der Waals surface area contributed by atoms with E-state index in [1.807, 2.05) is 0 Å². The Morgan fingerprint density at radius 2 is 1.71 bits per heavy atom. The van der Waals surface area contributed by atoms with Crippen molar-refractivity contribution in [3.05, 3.63) is 102 Å². The molecular weight excluding hydrogens is 464 g/mol. The Balaban J connectivity index is 1.77. The molecule has 1 aromatic heterocycles. The maximum Gasteiger partial charge on any atom is 0.417 e. The van der Waals surface area contributed by atoms with Crippen LogP contribution in [0.1, 0.15) is 15.9 Å². The summed E-state index contributed by atoms with van der Waals surface area (Å²) in [6.07, 6.45) is 1.91. The molecule has 1 aliphatic heterocycles. The summed E-state index contributed by atoms with van der Waals surface area (Å²) in [6.45, 7) is 0. The van der Waals surface area contributed by atoms with Crippen molar-refractivity contribution in [1.29, 1.82) is 5.41 Å². The predicted molar refractivity (Wildman–Crippen MR) is 122 cm³/mol. The van der Waals surface area contributed by atoms with Crippen LogP contribution in [0.3, 0.4) is 0 Å². The van der Waals surface area contributed by atoms with E-state index < -0.39 is 34.6 Å². The van der Waals surface area contributed by atoms with Gasteiger partial charge in [-0.15, -0.1) is 0 Å². The first-order valence-corrected chi connectivity index (χ1v) is 10.1. The molecule has 0 aliphatic carbocycles. The zero-order valence-corrected chi connectivity index (χ0v) is 17.8. The molecule has 11 heteroatoms. The first-order chi connectivity index (χ1) is 16.7. The molecule has 4 rings (SSSR count). The van der Waals surface area contributed by atoms with Crippen molar-refractivity contribution < 1.29 is 22.4 Å². The Morgan fingerprint density at radius 1 is 1.00 bits per heavy atom. The van der Waals surface area contributed by atoms with Gasteiger partial charge in [-0.2, -0.15) is 13.2 Å². The molecule has 0 atom stereocenters. The van der Waals surface area contributed by atoms with Crippen LogP contribution in [-0.4, -0.2) is 27.8 Å². The van der Waals surface area contributed by atoms with Gasteiger partial charge in [0.1, 0.15) is 17.3 Å². The molecule has 7 nitrogen and oxygen atoms in total. The highest BCUT2D eigenvalue weighted by Crippen LogP contribution is 2.37. The average Bonchev–Trinajstić information content (AvgIpc) is 2.84. The monoisotopic (exact) mass is 480 g/mol. The number of carbonyl (C=O) groups is 1. The van der Waals surface area contributed by atoms with Crippen LogP contribution in [-0.2, 0) is 6.18 Å².